The normalized spacial score (nSPS) is 13.5. The Labute approximate surface area is 202 Å². The number of unbranched alkanes of at least 4 members (excludes halogenated alkanes) is 1. The molecule has 0 unspecified atom stereocenters. The molecule has 1 N–H and O–H groups in total. The molecule has 0 radical (unpaired) electrons. The van der Waals surface area contributed by atoms with Crippen molar-refractivity contribution in [2.24, 2.45) is 0 Å². The fraction of sp³-hybridized carbons (Fsp3) is 0.280. The van der Waals surface area contributed by atoms with Crippen LogP contribution in [0.25, 0.3) is 0 Å². The molecule has 2 aromatic carbocycles. The van der Waals surface area contributed by atoms with E-state index in [-0.39, 0.29) is 33.6 Å². The molecule has 0 bridgehead atoms. The molecule has 0 saturated carbocycles. The number of rotatable bonds is 9. The number of benzene rings is 2. The van der Waals surface area contributed by atoms with Gasteiger partial charge in [0.15, 0.2) is 0 Å². The van der Waals surface area contributed by atoms with Crippen LogP contribution in [0.5, 0.6) is 0 Å². The molecule has 178 valence electrons. The topological polar surface area (TPSA) is 102 Å². The first-order chi connectivity index (χ1) is 16.2. The number of hydrogen-bond donors (Lipinski definition) is 1. The number of hydrogen-bond acceptors (Lipinski definition) is 7. The molecule has 0 aromatic heterocycles. The van der Waals surface area contributed by atoms with E-state index >= 15 is 0 Å². The zero-order valence-corrected chi connectivity index (χ0v) is 19.8. The summed E-state index contributed by atoms with van der Waals surface area (Å²) < 4.78 is 10.4. The van der Waals surface area contributed by atoms with Crippen LogP contribution in [-0.4, -0.2) is 36.5 Å². The van der Waals surface area contributed by atoms with Gasteiger partial charge in [-0.15, -0.1) is 0 Å². The Balaban J connectivity index is 1.84. The molecule has 1 aliphatic heterocycles. The SMILES string of the molecule is CCCCOC(=O)c1cccc(NC2=C(Cl)C(=O)N(c3ccccc3C(=O)OC(C)C)C2=O)c1. The van der Waals surface area contributed by atoms with Crippen molar-refractivity contribution in [2.45, 2.75) is 39.7 Å². The summed E-state index contributed by atoms with van der Waals surface area (Å²) in [5.41, 5.74) is 0.601. The van der Waals surface area contributed by atoms with Gasteiger partial charge in [0.2, 0.25) is 0 Å². The van der Waals surface area contributed by atoms with Crippen molar-refractivity contribution in [1.82, 2.24) is 0 Å². The smallest absolute Gasteiger partial charge is 0.340 e. The summed E-state index contributed by atoms with van der Waals surface area (Å²) in [6.45, 7) is 5.69. The van der Waals surface area contributed by atoms with Gasteiger partial charge in [0.1, 0.15) is 10.7 Å². The number of carbonyl (C=O) groups is 4. The molecule has 1 aliphatic rings. The minimum Gasteiger partial charge on any atom is -0.462 e. The summed E-state index contributed by atoms with van der Waals surface area (Å²) in [4.78, 5) is 51.6. The number of imide groups is 1. The van der Waals surface area contributed by atoms with Crippen molar-refractivity contribution in [2.75, 3.05) is 16.8 Å². The van der Waals surface area contributed by atoms with Crippen LogP contribution in [0.1, 0.15) is 54.3 Å². The summed E-state index contributed by atoms with van der Waals surface area (Å²) >= 11 is 6.22. The lowest BCUT2D eigenvalue weighted by atomic mass is 10.1. The van der Waals surface area contributed by atoms with Crippen LogP contribution in [0.3, 0.4) is 0 Å². The molecule has 1 heterocycles. The van der Waals surface area contributed by atoms with Crippen LogP contribution in [0.15, 0.2) is 59.3 Å². The van der Waals surface area contributed by atoms with Crippen LogP contribution in [-0.2, 0) is 19.1 Å². The highest BCUT2D eigenvalue weighted by Gasteiger charge is 2.40. The van der Waals surface area contributed by atoms with Gasteiger partial charge < -0.3 is 14.8 Å². The van der Waals surface area contributed by atoms with E-state index in [0.717, 1.165) is 17.7 Å². The van der Waals surface area contributed by atoms with Crippen LogP contribution < -0.4 is 10.2 Å². The van der Waals surface area contributed by atoms with Crippen LogP contribution in [0.2, 0.25) is 0 Å². The third-order valence-corrected chi connectivity index (χ3v) is 5.18. The van der Waals surface area contributed by atoms with Gasteiger partial charge >= 0.3 is 11.9 Å². The molecule has 0 saturated heterocycles. The summed E-state index contributed by atoms with van der Waals surface area (Å²) in [7, 11) is 0. The number of anilines is 2. The Morgan fingerprint density at radius 2 is 1.76 bits per heavy atom. The fourth-order valence-corrected chi connectivity index (χ4v) is 3.42. The largest absolute Gasteiger partial charge is 0.462 e. The summed E-state index contributed by atoms with van der Waals surface area (Å²) in [6.07, 6.45) is 1.27. The highest BCUT2D eigenvalue weighted by Crippen LogP contribution is 2.32. The van der Waals surface area contributed by atoms with Crippen molar-refractivity contribution in [3.63, 3.8) is 0 Å². The van der Waals surface area contributed by atoms with Gasteiger partial charge in [0.25, 0.3) is 11.8 Å². The quantitative estimate of drug-likeness (QED) is 0.314. The molecule has 0 atom stereocenters. The third-order valence-electron chi connectivity index (χ3n) is 4.83. The minimum absolute atomic E-state index is 0.0560. The van der Waals surface area contributed by atoms with Gasteiger partial charge in [-0.2, -0.15) is 0 Å². The average molecular weight is 485 g/mol. The van der Waals surface area contributed by atoms with Crippen molar-refractivity contribution < 1.29 is 28.7 Å². The maximum atomic E-state index is 13.2. The van der Waals surface area contributed by atoms with Gasteiger partial charge in [-0.25, -0.2) is 14.5 Å². The van der Waals surface area contributed by atoms with Crippen LogP contribution in [0, 0.1) is 0 Å². The van der Waals surface area contributed by atoms with E-state index in [2.05, 4.69) is 5.32 Å². The molecule has 9 heteroatoms. The number of esters is 2. The maximum Gasteiger partial charge on any atom is 0.340 e. The molecule has 34 heavy (non-hydrogen) atoms. The van der Waals surface area contributed by atoms with Gasteiger partial charge in [-0.1, -0.05) is 43.1 Å². The average Bonchev–Trinajstić information content (AvgIpc) is 3.02. The summed E-state index contributed by atoms with van der Waals surface area (Å²) in [6, 6.07) is 12.4. The van der Waals surface area contributed by atoms with Gasteiger partial charge in [0, 0.05) is 5.69 Å². The number of para-hydroxylation sites is 1. The van der Waals surface area contributed by atoms with Crippen molar-refractivity contribution >= 4 is 46.7 Å². The molecule has 0 aliphatic carbocycles. The van der Waals surface area contributed by atoms with E-state index in [1.54, 1.807) is 44.2 Å². The highest BCUT2D eigenvalue weighted by atomic mass is 35.5. The second-order valence-electron chi connectivity index (χ2n) is 7.80. The monoisotopic (exact) mass is 484 g/mol. The lowest BCUT2D eigenvalue weighted by Gasteiger charge is -2.19. The molecule has 3 rings (SSSR count). The first-order valence-corrected chi connectivity index (χ1v) is 11.2. The molecule has 2 aromatic rings. The van der Waals surface area contributed by atoms with E-state index in [1.807, 2.05) is 6.92 Å². The molecule has 2 amide bonds. The van der Waals surface area contributed by atoms with Crippen LogP contribution in [0.4, 0.5) is 11.4 Å². The number of nitrogens with zero attached hydrogens (tertiary/aromatic N) is 1. The van der Waals surface area contributed by atoms with E-state index in [1.165, 1.54) is 18.2 Å². The standard InChI is InChI=1S/C25H25ClN2O6/c1-4-5-13-33-24(31)16-9-8-10-17(14-16)27-21-20(26)22(29)28(23(21)30)19-12-7-6-11-18(19)25(32)34-15(2)3/h6-12,14-15,27H,4-5,13H2,1-3H3. The van der Waals surface area contributed by atoms with Gasteiger partial charge in [-0.3, -0.25) is 9.59 Å². The third kappa shape index (κ3) is 5.46. The van der Waals surface area contributed by atoms with Crippen molar-refractivity contribution in [3.8, 4) is 0 Å². The number of ether oxygens (including phenoxy) is 2. The number of carbonyl (C=O) groups excluding carboxylic acids is 4. The Kier molecular flexibility index (Phi) is 8.07. The summed E-state index contributed by atoms with van der Waals surface area (Å²) in [5, 5.41) is 2.49. The highest BCUT2D eigenvalue weighted by molar-refractivity contribution is 6.53. The zero-order valence-electron chi connectivity index (χ0n) is 19.1. The number of halogens is 1. The van der Waals surface area contributed by atoms with Gasteiger partial charge in [-0.05, 0) is 50.6 Å². The Morgan fingerprint density at radius 1 is 1.03 bits per heavy atom. The van der Waals surface area contributed by atoms with Crippen molar-refractivity contribution in [1.29, 1.82) is 0 Å². The lowest BCUT2D eigenvalue weighted by Crippen LogP contribution is -2.34. The molecule has 0 fully saturated rings. The maximum absolute atomic E-state index is 13.2. The first kappa shape index (κ1) is 25.0. The number of amides is 2. The molecule has 8 nitrogen and oxygen atoms in total. The van der Waals surface area contributed by atoms with Crippen LogP contribution >= 0.6 is 11.6 Å². The van der Waals surface area contributed by atoms with E-state index in [0.29, 0.717) is 12.3 Å². The first-order valence-electron chi connectivity index (χ1n) is 10.9. The Morgan fingerprint density at radius 3 is 2.47 bits per heavy atom. The Bertz CT molecular complexity index is 1160. The Hall–Kier alpha value is -3.65. The van der Waals surface area contributed by atoms with Gasteiger partial charge in [0.05, 0.1) is 29.5 Å². The number of nitrogens with one attached hydrogen (secondary N) is 1. The molecule has 0 spiro atoms. The summed E-state index contributed by atoms with van der Waals surface area (Å²) in [5.74, 6) is -2.69. The zero-order chi connectivity index (χ0) is 24.8. The predicted molar refractivity (Wildman–Crippen MR) is 128 cm³/mol. The van der Waals surface area contributed by atoms with E-state index < -0.39 is 23.8 Å². The second kappa shape index (κ2) is 11.0. The molecular formula is C25H25ClN2O6. The van der Waals surface area contributed by atoms with E-state index in [4.69, 9.17) is 21.1 Å². The minimum atomic E-state index is -0.783. The second-order valence-corrected chi connectivity index (χ2v) is 8.18. The lowest BCUT2D eigenvalue weighted by molar-refractivity contribution is -0.120. The molecular weight excluding hydrogens is 460 g/mol. The van der Waals surface area contributed by atoms with E-state index in [9.17, 15) is 19.2 Å². The predicted octanol–water partition coefficient (Wildman–Crippen LogP) is 4.64. The van der Waals surface area contributed by atoms with Crippen molar-refractivity contribution in [3.05, 3.63) is 70.4 Å². The fourth-order valence-electron chi connectivity index (χ4n) is 3.21.